The molecule has 0 saturated heterocycles. The Hall–Kier alpha value is -2.24. The van der Waals surface area contributed by atoms with Gasteiger partial charge < -0.3 is 19.7 Å². The molecule has 0 radical (unpaired) electrons. The molecule has 25 heavy (non-hydrogen) atoms. The molecule has 0 aromatic heterocycles. The lowest BCUT2D eigenvalue weighted by Gasteiger charge is -2.23. The van der Waals surface area contributed by atoms with E-state index in [1.54, 1.807) is 12.1 Å². The summed E-state index contributed by atoms with van der Waals surface area (Å²) < 4.78 is 10.5. The highest BCUT2D eigenvalue weighted by Gasteiger charge is 2.19. The van der Waals surface area contributed by atoms with Crippen LogP contribution in [-0.4, -0.2) is 45.7 Å². The highest BCUT2D eigenvalue weighted by atomic mass is 35.5. The monoisotopic (exact) mass is 362 g/mol. The summed E-state index contributed by atoms with van der Waals surface area (Å²) in [7, 11) is 6.95. The zero-order valence-corrected chi connectivity index (χ0v) is 15.6. The third kappa shape index (κ3) is 4.87. The van der Waals surface area contributed by atoms with E-state index in [2.05, 4.69) is 5.32 Å². The molecule has 1 N–H and O–H groups in total. The fraction of sp³-hybridized carbons (Fsp3) is 0.316. The number of carbonyl (C=O) groups excluding carboxylic acids is 1. The number of methoxy groups -OCH3 is 2. The SMILES string of the molecule is COc1cc(C(=O)N[C@H](CN(C)C)c2ccccc2)cc(Cl)c1OC. The molecule has 0 unspecified atom stereocenters. The topological polar surface area (TPSA) is 50.8 Å². The second kappa shape index (κ2) is 8.74. The lowest BCUT2D eigenvalue weighted by Crippen LogP contribution is -2.35. The van der Waals surface area contributed by atoms with Gasteiger partial charge in [0.25, 0.3) is 5.91 Å². The second-order valence-electron chi connectivity index (χ2n) is 5.89. The van der Waals surface area contributed by atoms with Gasteiger partial charge in [-0.2, -0.15) is 0 Å². The van der Waals surface area contributed by atoms with Crippen molar-refractivity contribution in [1.82, 2.24) is 10.2 Å². The Labute approximate surface area is 153 Å². The highest BCUT2D eigenvalue weighted by molar-refractivity contribution is 6.32. The number of nitrogens with one attached hydrogen (secondary N) is 1. The Morgan fingerprint density at radius 3 is 2.40 bits per heavy atom. The fourth-order valence-corrected chi connectivity index (χ4v) is 2.86. The van der Waals surface area contributed by atoms with Crippen LogP contribution in [0.2, 0.25) is 5.02 Å². The van der Waals surface area contributed by atoms with Crippen molar-refractivity contribution in [3.63, 3.8) is 0 Å². The van der Waals surface area contributed by atoms with Gasteiger partial charge in [0.05, 0.1) is 25.3 Å². The van der Waals surface area contributed by atoms with E-state index in [0.717, 1.165) is 5.56 Å². The molecule has 0 heterocycles. The molecule has 2 aromatic carbocycles. The highest BCUT2D eigenvalue weighted by Crippen LogP contribution is 2.36. The first-order chi connectivity index (χ1) is 12.0. The third-order valence-electron chi connectivity index (χ3n) is 3.75. The minimum Gasteiger partial charge on any atom is -0.493 e. The molecule has 0 saturated carbocycles. The standard InChI is InChI=1S/C19H23ClN2O3/c1-22(2)12-16(13-8-6-5-7-9-13)21-19(23)14-10-15(20)18(25-4)17(11-14)24-3/h5-11,16H,12H2,1-4H3,(H,21,23)/t16-/m1/s1. The Kier molecular flexibility index (Phi) is 6.67. The minimum absolute atomic E-state index is 0.143. The maximum Gasteiger partial charge on any atom is 0.252 e. The molecule has 134 valence electrons. The molecular formula is C19H23ClN2O3. The van der Waals surface area contributed by atoms with Gasteiger partial charge >= 0.3 is 0 Å². The minimum atomic E-state index is -0.224. The molecule has 1 amide bonds. The van der Waals surface area contributed by atoms with Crippen LogP contribution in [0.15, 0.2) is 42.5 Å². The van der Waals surface area contributed by atoms with Crippen LogP contribution in [0.3, 0.4) is 0 Å². The Morgan fingerprint density at radius 1 is 1.16 bits per heavy atom. The normalized spacial score (nSPS) is 11.9. The summed E-state index contributed by atoms with van der Waals surface area (Å²) in [6.07, 6.45) is 0. The zero-order valence-electron chi connectivity index (χ0n) is 14.9. The summed E-state index contributed by atoms with van der Waals surface area (Å²) in [5.41, 5.74) is 1.46. The molecule has 0 spiro atoms. The average Bonchev–Trinajstić information content (AvgIpc) is 2.60. The van der Waals surface area contributed by atoms with Gasteiger partial charge in [-0.3, -0.25) is 4.79 Å². The van der Waals surface area contributed by atoms with E-state index in [4.69, 9.17) is 21.1 Å². The Morgan fingerprint density at radius 2 is 1.84 bits per heavy atom. The molecular weight excluding hydrogens is 340 g/mol. The maximum atomic E-state index is 12.7. The number of halogens is 1. The number of likely N-dealkylation sites (N-methyl/N-ethyl adjacent to an activating group) is 1. The van der Waals surface area contributed by atoms with Gasteiger partial charge in [0.15, 0.2) is 11.5 Å². The summed E-state index contributed by atoms with van der Waals surface area (Å²) >= 11 is 6.20. The van der Waals surface area contributed by atoms with Crippen molar-refractivity contribution < 1.29 is 14.3 Å². The maximum absolute atomic E-state index is 12.7. The van der Waals surface area contributed by atoms with Crippen molar-refractivity contribution in [3.05, 3.63) is 58.6 Å². The van der Waals surface area contributed by atoms with Crippen molar-refractivity contribution in [1.29, 1.82) is 0 Å². The molecule has 5 nitrogen and oxygen atoms in total. The van der Waals surface area contributed by atoms with E-state index >= 15 is 0 Å². The molecule has 0 aliphatic carbocycles. The predicted molar refractivity (Wildman–Crippen MR) is 99.8 cm³/mol. The first kappa shape index (κ1) is 19.1. The van der Waals surface area contributed by atoms with Crippen molar-refractivity contribution >= 4 is 17.5 Å². The number of hydrogen-bond donors (Lipinski definition) is 1. The summed E-state index contributed by atoms with van der Waals surface area (Å²) in [6.45, 7) is 0.677. The molecule has 0 bridgehead atoms. The van der Waals surface area contributed by atoms with E-state index in [-0.39, 0.29) is 11.9 Å². The van der Waals surface area contributed by atoms with E-state index in [9.17, 15) is 4.79 Å². The van der Waals surface area contributed by atoms with Crippen LogP contribution in [0.1, 0.15) is 22.0 Å². The molecule has 0 aliphatic rings. The van der Waals surface area contributed by atoms with Crippen molar-refractivity contribution in [2.75, 3.05) is 34.9 Å². The first-order valence-corrected chi connectivity index (χ1v) is 8.26. The van der Waals surface area contributed by atoms with Crippen LogP contribution < -0.4 is 14.8 Å². The molecule has 0 aliphatic heterocycles. The Balaban J connectivity index is 2.28. The van der Waals surface area contributed by atoms with Crippen LogP contribution in [-0.2, 0) is 0 Å². The van der Waals surface area contributed by atoms with Gasteiger partial charge in [-0.25, -0.2) is 0 Å². The van der Waals surface area contributed by atoms with Crippen molar-refractivity contribution in [3.8, 4) is 11.5 Å². The largest absolute Gasteiger partial charge is 0.493 e. The lowest BCUT2D eigenvalue weighted by atomic mass is 10.1. The van der Waals surface area contributed by atoms with E-state index in [0.29, 0.717) is 28.6 Å². The summed E-state index contributed by atoms with van der Waals surface area (Å²) in [4.78, 5) is 14.8. The number of benzene rings is 2. The number of rotatable bonds is 7. The van der Waals surface area contributed by atoms with Crippen molar-refractivity contribution in [2.24, 2.45) is 0 Å². The van der Waals surface area contributed by atoms with E-state index in [1.165, 1.54) is 14.2 Å². The summed E-state index contributed by atoms with van der Waals surface area (Å²) in [5.74, 6) is 0.608. The quantitative estimate of drug-likeness (QED) is 0.820. The molecule has 0 fully saturated rings. The second-order valence-corrected chi connectivity index (χ2v) is 6.30. The number of carbonyl (C=O) groups is 1. The van der Waals surface area contributed by atoms with E-state index < -0.39 is 0 Å². The molecule has 2 aromatic rings. The molecule has 6 heteroatoms. The molecule has 2 rings (SSSR count). The van der Waals surface area contributed by atoms with Gasteiger partial charge in [-0.05, 0) is 31.8 Å². The average molecular weight is 363 g/mol. The smallest absolute Gasteiger partial charge is 0.252 e. The summed E-state index contributed by atoms with van der Waals surface area (Å²) in [5, 5.41) is 3.39. The van der Waals surface area contributed by atoms with Crippen LogP contribution in [0, 0.1) is 0 Å². The van der Waals surface area contributed by atoms with Gasteiger partial charge in [-0.1, -0.05) is 41.9 Å². The zero-order chi connectivity index (χ0) is 18.4. The Bertz CT molecular complexity index is 720. The summed E-state index contributed by atoms with van der Waals surface area (Å²) in [6, 6.07) is 12.9. The van der Waals surface area contributed by atoms with E-state index in [1.807, 2.05) is 49.3 Å². The van der Waals surface area contributed by atoms with Crippen molar-refractivity contribution in [2.45, 2.75) is 6.04 Å². The predicted octanol–water partition coefficient (Wildman–Crippen LogP) is 3.39. The van der Waals surface area contributed by atoms with Gasteiger partial charge in [0.2, 0.25) is 0 Å². The number of ether oxygens (including phenoxy) is 2. The van der Waals surface area contributed by atoms with Gasteiger partial charge in [0.1, 0.15) is 0 Å². The number of nitrogens with zero attached hydrogens (tertiary/aromatic N) is 1. The van der Waals surface area contributed by atoms with Crippen LogP contribution in [0.5, 0.6) is 11.5 Å². The lowest BCUT2D eigenvalue weighted by molar-refractivity contribution is 0.0929. The number of amides is 1. The first-order valence-electron chi connectivity index (χ1n) is 7.88. The molecule has 1 atom stereocenters. The number of hydrogen-bond acceptors (Lipinski definition) is 4. The fourth-order valence-electron chi connectivity index (χ4n) is 2.58. The third-order valence-corrected chi connectivity index (χ3v) is 4.03. The van der Waals surface area contributed by atoms with Gasteiger partial charge in [0, 0.05) is 12.1 Å². The van der Waals surface area contributed by atoms with Crippen LogP contribution >= 0.6 is 11.6 Å². The van der Waals surface area contributed by atoms with Gasteiger partial charge in [-0.15, -0.1) is 0 Å². The van der Waals surface area contributed by atoms with Crippen LogP contribution in [0.25, 0.3) is 0 Å². The van der Waals surface area contributed by atoms with Crippen LogP contribution in [0.4, 0.5) is 0 Å².